The molecule has 15 aromatic rings. The smallest absolute Gasteiger partial charge is 0.143 e. The van der Waals surface area contributed by atoms with Crippen LogP contribution >= 0.6 is 0 Å². The van der Waals surface area contributed by atoms with Crippen LogP contribution in [0, 0.1) is 0 Å². The number of para-hydroxylation sites is 3. The fraction of sp³-hybridized carbons (Fsp3) is 0.0714. The van der Waals surface area contributed by atoms with Gasteiger partial charge < -0.3 is 19.1 Å². The van der Waals surface area contributed by atoms with E-state index in [2.05, 4.69) is 317 Å². The van der Waals surface area contributed by atoms with Crippen molar-refractivity contribution in [3.8, 4) is 77.9 Å². The van der Waals surface area contributed by atoms with E-state index in [9.17, 15) is 0 Å². The van der Waals surface area contributed by atoms with Gasteiger partial charge in [-0.05, 0) is 174 Å². The van der Waals surface area contributed by atoms with Gasteiger partial charge in [-0.15, -0.1) is 0 Å². The largest absolute Gasteiger partial charge is 0.455 e. The highest BCUT2D eigenvalue weighted by Crippen LogP contribution is 2.59. The van der Waals surface area contributed by atoms with Gasteiger partial charge in [0.1, 0.15) is 22.3 Å². The second kappa shape index (κ2) is 19.8. The summed E-state index contributed by atoms with van der Waals surface area (Å²) in [7, 11) is 0. The van der Waals surface area contributed by atoms with Crippen molar-refractivity contribution in [3.05, 3.63) is 307 Å². The highest BCUT2D eigenvalue weighted by Gasteiger charge is 2.43. The summed E-state index contributed by atoms with van der Waals surface area (Å²) >= 11 is 0. The van der Waals surface area contributed by atoms with E-state index in [1.54, 1.807) is 0 Å². The zero-order valence-corrected chi connectivity index (χ0v) is 49.4. The van der Waals surface area contributed by atoms with E-state index in [1.807, 2.05) is 6.07 Å². The van der Waals surface area contributed by atoms with Gasteiger partial charge in [-0.1, -0.05) is 222 Å². The first-order valence-corrected chi connectivity index (χ1v) is 30.5. The Morgan fingerprint density at radius 3 is 1.36 bits per heavy atom. The summed E-state index contributed by atoms with van der Waals surface area (Å²) in [5, 5.41) is 8.07. The van der Waals surface area contributed by atoms with Gasteiger partial charge in [-0.3, -0.25) is 0 Å². The minimum absolute atomic E-state index is 0.264. The Morgan fingerprint density at radius 2 is 0.727 bits per heavy atom. The zero-order chi connectivity index (χ0) is 58.8. The number of rotatable bonds is 10. The molecule has 2 aliphatic rings. The van der Waals surface area contributed by atoms with E-state index in [0.29, 0.717) is 0 Å². The van der Waals surface area contributed by atoms with Gasteiger partial charge in [0.15, 0.2) is 0 Å². The molecular formula is C84H60N2O2. The lowest BCUT2D eigenvalue weighted by Gasteiger charge is -2.29. The summed E-state index contributed by atoms with van der Waals surface area (Å²) in [6.45, 7) is 9.64. The van der Waals surface area contributed by atoms with Crippen LogP contribution in [0.4, 0.5) is 28.4 Å². The number of anilines is 5. The van der Waals surface area contributed by atoms with E-state index in [-0.39, 0.29) is 10.8 Å². The quantitative estimate of drug-likeness (QED) is 0.148. The second-order valence-corrected chi connectivity index (χ2v) is 24.9. The van der Waals surface area contributed by atoms with Crippen molar-refractivity contribution in [1.29, 1.82) is 0 Å². The lowest BCUT2D eigenvalue weighted by molar-refractivity contribution is 0.652. The van der Waals surface area contributed by atoms with Gasteiger partial charge in [-0.25, -0.2) is 0 Å². The lowest BCUT2D eigenvalue weighted by Crippen LogP contribution is -2.17. The average molecular weight is 1130 g/mol. The molecule has 88 heavy (non-hydrogen) atoms. The van der Waals surface area contributed by atoms with Crippen molar-refractivity contribution in [2.45, 2.75) is 38.5 Å². The zero-order valence-electron chi connectivity index (χ0n) is 49.4. The highest BCUT2D eigenvalue weighted by atomic mass is 16.3. The Bertz CT molecular complexity index is 5240. The number of fused-ring (bicyclic) bond motifs is 12. The number of hydrogen-bond acceptors (Lipinski definition) is 4. The minimum atomic E-state index is -0.275. The summed E-state index contributed by atoms with van der Waals surface area (Å²) in [5.41, 5.74) is 30.5. The fourth-order valence-electron chi connectivity index (χ4n) is 14.5. The molecule has 2 aromatic heterocycles. The molecule has 17 rings (SSSR count). The van der Waals surface area contributed by atoms with Crippen molar-refractivity contribution in [1.82, 2.24) is 0 Å². The number of hydrogen-bond donors (Lipinski definition) is 1. The molecule has 0 radical (unpaired) electrons. The van der Waals surface area contributed by atoms with E-state index in [4.69, 9.17) is 8.83 Å². The third kappa shape index (κ3) is 8.20. The normalized spacial score (nSPS) is 13.4. The molecular weight excluding hydrogens is 1070 g/mol. The second-order valence-electron chi connectivity index (χ2n) is 24.9. The average Bonchev–Trinajstić information content (AvgIpc) is 1.55. The summed E-state index contributed by atoms with van der Waals surface area (Å²) < 4.78 is 13.3. The van der Waals surface area contributed by atoms with Crippen LogP contribution in [0.2, 0.25) is 0 Å². The molecule has 0 spiro atoms. The number of nitrogens with zero attached hydrogens (tertiary/aromatic N) is 1. The predicted molar refractivity (Wildman–Crippen MR) is 368 cm³/mol. The van der Waals surface area contributed by atoms with Gasteiger partial charge in [-0.2, -0.15) is 0 Å². The van der Waals surface area contributed by atoms with Crippen molar-refractivity contribution in [2.75, 3.05) is 10.2 Å². The number of furan rings is 2. The Labute approximate surface area is 512 Å². The highest BCUT2D eigenvalue weighted by molar-refractivity contribution is 6.12. The van der Waals surface area contributed by atoms with Crippen LogP contribution in [0.5, 0.6) is 0 Å². The molecule has 1 N–H and O–H groups in total. The Kier molecular flexibility index (Phi) is 11.6. The van der Waals surface area contributed by atoms with E-state index in [0.717, 1.165) is 94.6 Å². The molecule has 0 saturated carbocycles. The minimum Gasteiger partial charge on any atom is -0.455 e. The standard InChI is InChI=1S/C84H60N2O2/c1-83(2)73-25-15-26-77(86(62-42-32-55(33-43-62)53-18-9-6-10-19-53)63-44-34-57(35-45-63)65-21-13-23-68-67-20-11-12-27-78(67)87-81(65)68)80(73)72-51-75-70(50-76(72)83)66-46-36-59(49-74(66)84(75,3)4)58-37-47-79-71(48-58)69-24-14-22-64(82(69)88-79)56-30-40-61(41-31-56)85-60-38-28-54(29-39-60)52-16-7-5-8-17-52/h5-51,85H,1-4H3. The maximum absolute atomic E-state index is 6.75. The van der Waals surface area contributed by atoms with Gasteiger partial charge in [0.05, 0.1) is 5.69 Å². The van der Waals surface area contributed by atoms with E-state index < -0.39 is 0 Å². The summed E-state index contributed by atoms with van der Waals surface area (Å²) in [4.78, 5) is 2.47. The number of benzene rings is 13. The first-order valence-electron chi connectivity index (χ1n) is 30.5. The van der Waals surface area contributed by atoms with Gasteiger partial charge in [0.25, 0.3) is 0 Å². The maximum Gasteiger partial charge on any atom is 0.143 e. The summed E-state index contributed by atoms with van der Waals surface area (Å²) in [6, 6.07) is 104. The van der Waals surface area contributed by atoms with E-state index >= 15 is 0 Å². The van der Waals surface area contributed by atoms with Gasteiger partial charge in [0, 0.05) is 71.8 Å². The Balaban J connectivity index is 0.706. The Morgan fingerprint density at radius 1 is 0.284 bits per heavy atom. The maximum atomic E-state index is 6.75. The molecule has 2 heterocycles. The van der Waals surface area contributed by atoms with Crippen LogP contribution in [0.3, 0.4) is 0 Å². The molecule has 4 heteroatoms. The number of nitrogens with one attached hydrogen (secondary N) is 1. The molecule has 0 saturated heterocycles. The summed E-state index contributed by atoms with van der Waals surface area (Å²) in [6.07, 6.45) is 0. The van der Waals surface area contributed by atoms with Gasteiger partial charge in [0.2, 0.25) is 0 Å². The van der Waals surface area contributed by atoms with Crippen LogP contribution in [-0.2, 0) is 10.8 Å². The molecule has 2 aliphatic carbocycles. The van der Waals surface area contributed by atoms with Crippen molar-refractivity contribution in [3.63, 3.8) is 0 Å². The molecule has 418 valence electrons. The molecule has 0 aliphatic heterocycles. The third-order valence-corrected chi connectivity index (χ3v) is 19.1. The van der Waals surface area contributed by atoms with Gasteiger partial charge >= 0.3 is 0 Å². The van der Waals surface area contributed by atoms with Crippen molar-refractivity contribution < 1.29 is 8.83 Å². The molecule has 4 nitrogen and oxygen atoms in total. The monoisotopic (exact) mass is 1130 g/mol. The molecule has 0 atom stereocenters. The van der Waals surface area contributed by atoms with Crippen LogP contribution in [0.25, 0.3) is 122 Å². The van der Waals surface area contributed by atoms with Crippen molar-refractivity contribution in [2.24, 2.45) is 0 Å². The fourth-order valence-corrected chi connectivity index (χ4v) is 14.5. The summed E-state index contributed by atoms with van der Waals surface area (Å²) in [5.74, 6) is 0. The van der Waals surface area contributed by atoms with Crippen LogP contribution in [0.15, 0.2) is 294 Å². The molecule has 0 fully saturated rings. The molecule has 0 amide bonds. The van der Waals surface area contributed by atoms with Crippen LogP contribution < -0.4 is 10.2 Å². The first kappa shape index (κ1) is 51.5. The van der Waals surface area contributed by atoms with E-state index in [1.165, 1.54) is 77.9 Å². The SMILES string of the molecule is CC1(C)c2cc(-c3ccc4oc5c(-c6ccc(Nc7ccc(-c8ccccc8)cc7)cc6)cccc5c4c3)ccc2-c2cc3c(cc21)-c1c(N(c2ccc(-c4ccccc4)cc2)c2ccc(-c4cccc5c4oc4ccccc45)cc2)cccc1C3(C)C. The first-order chi connectivity index (χ1) is 43.1. The van der Waals surface area contributed by atoms with Crippen LogP contribution in [-0.4, -0.2) is 0 Å². The molecule has 13 aromatic carbocycles. The molecule has 0 bridgehead atoms. The lowest BCUT2D eigenvalue weighted by atomic mass is 9.79. The predicted octanol–water partition coefficient (Wildman–Crippen LogP) is 23.6. The Hall–Kier alpha value is -10.9. The third-order valence-electron chi connectivity index (χ3n) is 19.1. The topological polar surface area (TPSA) is 41.6 Å². The van der Waals surface area contributed by atoms with Crippen LogP contribution in [0.1, 0.15) is 49.9 Å². The molecule has 0 unspecified atom stereocenters. The van der Waals surface area contributed by atoms with Crippen molar-refractivity contribution >= 4 is 72.3 Å².